The van der Waals surface area contributed by atoms with Crippen molar-refractivity contribution in [1.29, 1.82) is 0 Å². The van der Waals surface area contributed by atoms with Crippen molar-refractivity contribution >= 4 is 35.0 Å². The van der Waals surface area contributed by atoms with Crippen molar-refractivity contribution in [2.24, 2.45) is 5.92 Å². The van der Waals surface area contributed by atoms with E-state index in [2.05, 4.69) is 0 Å². The summed E-state index contributed by atoms with van der Waals surface area (Å²) in [5.41, 5.74) is 0.432. The first kappa shape index (κ1) is 20.5. The molecule has 2 aliphatic rings. The second-order valence-electron chi connectivity index (χ2n) is 7.69. The number of amides is 2. The number of nitrogens with zero attached hydrogens (tertiary/aromatic N) is 2. The molecule has 0 atom stereocenters. The van der Waals surface area contributed by atoms with Gasteiger partial charge in [0, 0.05) is 37.6 Å². The molecule has 0 radical (unpaired) electrons. The minimum Gasteiger partial charge on any atom is -0.341 e. The summed E-state index contributed by atoms with van der Waals surface area (Å²) in [6.07, 6.45) is 8.95. The topological polar surface area (TPSA) is 40.6 Å². The van der Waals surface area contributed by atoms with E-state index in [0.29, 0.717) is 41.7 Å². The molecule has 1 aliphatic carbocycles. The lowest BCUT2D eigenvalue weighted by Crippen LogP contribution is -2.37. The minimum atomic E-state index is -0.112. The van der Waals surface area contributed by atoms with E-state index >= 15 is 0 Å². The van der Waals surface area contributed by atoms with Crippen molar-refractivity contribution in [1.82, 2.24) is 9.80 Å². The number of hydrogen-bond acceptors (Lipinski definition) is 2. The molecular weight excluding hydrogens is 383 g/mol. The molecule has 0 N–H and O–H groups in total. The minimum absolute atomic E-state index is 0.112. The van der Waals surface area contributed by atoms with Gasteiger partial charge in [0.2, 0.25) is 5.91 Å². The van der Waals surface area contributed by atoms with Gasteiger partial charge in [0.05, 0.1) is 10.6 Å². The highest BCUT2D eigenvalue weighted by molar-refractivity contribution is 6.35. The first-order valence-corrected chi connectivity index (χ1v) is 10.8. The molecule has 148 valence electrons. The van der Waals surface area contributed by atoms with Crippen molar-refractivity contribution in [2.45, 2.75) is 51.4 Å². The van der Waals surface area contributed by atoms with E-state index < -0.39 is 0 Å². The average Bonchev–Trinajstić information content (AvgIpc) is 2.94. The van der Waals surface area contributed by atoms with Gasteiger partial charge in [-0.1, -0.05) is 55.3 Å². The lowest BCUT2D eigenvalue weighted by Gasteiger charge is -2.25. The maximum Gasteiger partial charge on any atom is 0.255 e. The largest absolute Gasteiger partial charge is 0.341 e. The Balaban J connectivity index is 1.52. The van der Waals surface area contributed by atoms with E-state index in [1.165, 1.54) is 32.1 Å². The van der Waals surface area contributed by atoms with E-state index in [1.54, 1.807) is 23.1 Å². The van der Waals surface area contributed by atoms with Crippen molar-refractivity contribution < 1.29 is 9.59 Å². The van der Waals surface area contributed by atoms with Crippen LogP contribution in [0.4, 0.5) is 0 Å². The van der Waals surface area contributed by atoms with E-state index in [-0.39, 0.29) is 11.8 Å². The van der Waals surface area contributed by atoms with Crippen LogP contribution in [0.15, 0.2) is 18.2 Å². The third kappa shape index (κ3) is 5.61. The highest BCUT2D eigenvalue weighted by Gasteiger charge is 2.25. The molecule has 1 aromatic rings. The quantitative estimate of drug-likeness (QED) is 0.698. The van der Waals surface area contributed by atoms with Gasteiger partial charge >= 0.3 is 0 Å². The smallest absolute Gasteiger partial charge is 0.255 e. The van der Waals surface area contributed by atoms with E-state index in [4.69, 9.17) is 23.2 Å². The molecule has 27 heavy (non-hydrogen) atoms. The fourth-order valence-corrected chi connectivity index (χ4v) is 4.53. The summed E-state index contributed by atoms with van der Waals surface area (Å²) in [7, 11) is 0. The molecular formula is C21H28Cl2N2O2. The molecule has 6 heteroatoms. The summed E-state index contributed by atoms with van der Waals surface area (Å²) in [4.78, 5) is 29.1. The van der Waals surface area contributed by atoms with Crippen molar-refractivity contribution in [3.05, 3.63) is 33.8 Å². The van der Waals surface area contributed by atoms with Crippen LogP contribution >= 0.6 is 23.2 Å². The van der Waals surface area contributed by atoms with Crippen LogP contribution in [0, 0.1) is 5.92 Å². The zero-order valence-corrected chi connectivity index (χ0v) is 17.3. The van der Waals surface area contributed by atoms with Crippen LogP contribution < -0.4 is 0 Å². The van der Waals surface area contributed by atoms with Crippen LogP contribution in [0.3, 0.4) is 0 Å². The summed E-state index contributed by atoms with van der Waals surface area (Å²) in [6, 6.07) is 4.94. The molecule has 2 amide bonds. The Kier molecular flexibility index (Phi) is 7.42. The maximum absolute atomic E-state index is 12.8. The standard InChI is InChI=1S/C21H28Cl2N2O2/c22-17-8-9-19(23)18(15-17)21(27)25-12-4-11-24(13-14-25)20(26)10-7-16-5-2-1-3-6-16/h8-9,15-16H,1-7,10-14H2. The van der Waals surface area contributed by atoms with Gasteiger partial charge in [-0.15, -0.1) is 0 Å². The normalized spacial score (nSPS) is 19.0. The summed E-state index contributed by atoms with van der Waals surface area (Å²) >= 11 is 12.2. The van der Waals surface area contributed by atoms with Crippen LogP contribution in [0.25, 0.3) is 0 Å². The molecule has 0 aromatic heterocycles. The van der Waals surface area contributed by atoms with Crippen molar-refractivity contribution in [3.63, 3.8) is 0 Å². The second kappa shape index (κ2) is 9.79. The summed E-state index contributed by atoms with van der Waals surface area (Å²) in [6.45, 7) is 2.48. The molecule has 1 heterocycles. The van der Waals surface area contributed by atoms with Crippen LogP contribution in [-0.4, -0.2) is 47.8 Å². The van der Waals surface area contributed by atoms with Gasteiger partial charge < -0.3 is 9.80 Å². The first-order valence-electron chi connectivity index (χ1n) is 10.1. The van der Waals surface area contributed by atoms with Crippen LogP contribution in [0.1, 0.15) is 61.7 Å². The van der Waals surface area contributed by atoms with Gasteiger partial charge in [-0.05, 0) is 37.0 Å². The Morgan fingerprint density at radius 1 is 0.926 bits per heavy atom. The Labute approximate surface area is 171 Å². The lowest BCUT2D eigenvalue weighted by molar-refractivity contribution is -0.131. The van der Waals surface area contributed by atoms with E-state index in [1.807, 2.05) is 4.90 Å². The summed E-state index contributed by atoms with van der Waals surface area (Å²) in [5.74, 6) is 0.840. The van der Waals surface area contributed by atoms with E-state index in [9.17, 15) is 9.59 Å². The molecule has 1 aliphatic heterocycles. The number of carbonyl (C=O) groups excluding carboxylic acids is 2. The molecule has 1 saturated carbocycles. The highest BCUT2D eigenvalue weighted by atomic mass is 35.5. The molecule has 0 spiro atoms. The zero-order chi connectivity index (χ0) is 19.2. The van der Waals surface area contributed by atoms with Gasteiger partial charge in [0.15, 0.2) is 0 Å². The molecule has 3 rings (SSSR count). The monoisotopic (exact) mass is 410 g/mol. The first-order chi connectivity index (χ1) is 13.0. The average molecular weight is 411 g/mol. The van der Waals surface area contributed by atoms with Crippen LogP contribution in [-0.2, 0) is 4.79 Å². The second-order valence-corrected chi connectivity index (χ2v) is 8.54. The Bertz CT molecular complexity index is 674. The third-order valence-electron chi connectivity index (χ3n) is 5.79. The highest BCUT2D eigenvalue weighted by Crippen LogP contribution is 2.28. The maximum atomic E-state index is 12.8. The Morgan fingerprint density at radius 2 is 1.63 bits per heavy atom. The molecule has 0 bridgehead atoms. The summed E-state index contributed by atoms with van der Waals surface area (Å²) in [5, 5.41) is 0.908. The van der Waals surface area contributed by atoms with Gasteiger partial charge in [-0.25, -0.2) is 0 Å². The summed E-state index contributed by atoms with van der Waals surface area (Å²) < 4.78 is 0. The molecule has 1 aromatic carbocycles. The number of carbonyl (C=O) groups is 2. The Morgan fingerprint density at radius 3 is 2.41 bits per heavy atom. The van der Waals surface area contributed by atoms with Gasteiger partial charge in [-0.2, -0.15) is 0 Å². The van der Waals surface area contributed by atoms with Gasteiger partial charge in [0.25, 0.3) is 5.91 Å². The third-order valence-corrected chi connectivity index (χ3v) is 6.35. The van der Waals surface area contributed by atoms with Crippen molar-refractivity contribution in [3.8, 4) is 0 Å². The fraction of sp³-hybridized carbons (Fsp3) is 0.619. The van der Waals surface area contributed by atoms with Gasteiger partial charge in [-0.3, -0.25) is 9.59 Å². The number of rotatable bonds is 4. The van der Waals surface area contributed by atoms with E-state index in [0.717, 1.165) is 25.3 Å². The predicted molar refractivity (Wildman–Crippen MR) is 109 cm³/mol. The number of halogens is 2. The SMILES string of the molecule is O=C(CCC1CCCCC1)N1CCCN(C(=O)c2cc(Cl)ccc2Cl)CC1. The zero-order valence-electron chi connectivity index (χ0n) is 15.8. The van der Waals surface area contributed by atoms with Gasteiger partial charge in [0.1, 0.15) is 0 Å². The Hall–Kier alpha value is -1.26. The lowest BCUT2D eigenvalue weighted by atomic mass is 9.86. The van der Waals surface area contributed by atoms with Crippen molar-refractivity contribution in [2.75, 3.05) is 26.2 Å². The molecule has 1 saturated heterocycles. The predicted octanol–water partition coefficient (Wildman–Crippen LogP) is 5.03. The number of hydrogen-bond donors (Lipinski definition) is 0. The number of benzene rings is 1. The fourth-order valence-electron chi connectivity index (χ4n) is 4.16. The molecule has 4 nitrogen and oxygen atoms in total. The molecule has 2 fully saturated rings. The van der Waals surface area contributed by atoms with Crippen LogP contribution in [0.5, 0.6) is 0 Å². The van der Waals surface area contributed by atoms with Crippen LogP contribution in [0.2, 0.25) is 10.0 Å². The molecule has 0 unspecified atom stereocenters.